The number of nitrogens with one attached hydrogen (secondary N) is 1. The van der Waals surface area contributed by atoms with E-state index in [1.54, 1.807) is 0 Å². The van der Waals surface area contributed by atoms with Crippen LogP contribution < -0.4 is 5.32 Å². The Balaban J connectivity index is 2.63. The summed E-state index contributed by atoms with van der Waals surface area (Å²) in [5.74, 6) is -0.653. The van der Waals surface area contributed by atoms with Crippen LogP contribution in [0.25, 0.3) is 0 Å². The van der Waals surface area contributed by atoms with Gasteiger partial charge in [0.05, 0.1) is 6.61 Å². The highest BCUT2D eigenvalue weighted by Gasteiger charge is 2.12. The van der Waals surface area contributed by atoms with E-state index in [-0.39, 0.29) is 30.7 Å². The molecule has 16 heavy (non-hydrogen) atoms. The van der Waals surface area contributed by atoms with Gasteiger partial charge < -0.3 is 10.4 Å². The zero-order valence-electron chi connectivity index (χ0n) is 9.50. The second-order valence-corrected chi connectivity index (χ2v) is 4.15. The Labute approximate surface area is 94.3 Å². The SMILES string of the molecule is CC(C)C(CO)NCc1cc(F)ccc1F. The summed E-state index contributed by atoms with van der Waals surface area (Å²) in [4.78, 5) is 0. The minimum atomic E-state index is -0.455. The molecule has 1 aromatic rings. The summed E-state index contributed by atoms with van der Waals surface area (Å²) in [6.07, 6.45) is 0. The first-order chi connectivity index (χ1) is 7.54. The zero-order valence-corrected chi connectivity index (χ0v) is 9.50. The van der Waals surface area contributed by atoms with E-state index in [1.807, 2.05) is 13.8 Å². The van der Waals surface area contributed by atoms with Gasteiger partial charge in [-0.2, -0.15) is 0 Å². The molecule has 0 aliphatic carbocycles. The van der Waals surface area contributed by atoms with Gasteiger partial charge in [-0.1, -0.05) is 13.8 Å². The van der Waals surface area contributed by atoms with Gasteiger partial charge in [0, 0.05) is 18.2 Å². The van der Waals surface area contributed by atoms with Gasteiger partial charge in [-0.15, -0.1) is 0 Å². The van der Waals surface area contributed by atoms with Gasteiger partial charge in [0.1, 0.15) is 11.6 Å². The lowest BCUT2D eigenvalue weighted by atomic mass is 10.0. The second-order valence-electron chi connectivity index (χ2n) is 4.15. The van der Waals surface area contributed by atoms with Crippen molar-refractivity contribution >= 4 is 0 Å². The minimum Gasteiger partial charge on any atom is -0.395 e. The number of aliphatic hydroxyl groups is 1. The maximum Gasteiger partial charge on any atom is 0.127 e. The predicted molar refractivity (Wildman–Crippen MR) is 58.9 cm³/mol. The van der Waals surface area contributed by atoms with Crippen molar-refractivity contribution in [2.45, 2.75) is 26.4 Å². The number of hydrogen-bond donors (Lipinski definition) is 2. The molecule has 1 aromatic carbocycles. The monoisotopic (exact) mass is 229 g/mol. The maximum atomic E-state index is 13.3. The number of halogens is 2. The first-order valence-electron chi connectivity index (χ1n) is 5.32. The average molecular weight is 229 g/mol. The summed E-state index contributed by atoms with van der Waals surface area (Å²) >= 11 is 0. The summed E-state index contributed by atoms with van der Waals surface area (Å²) in [5, 5.41) is 12.1. The fraction of sp³-hybridized carbons (Fsp3) is 0.500. The molecule has 2 nitrogen and oxygen atoms in total. The molecule has 1 unspecified atom stereocenters. The van der Waals surface area contributed by atoms with Crippen molar-refractivity contribution in [2.24, 2.45) is 5.92 Å². The van der Waals surface area contributed by atoms with E-state index < -0.39 is 11.6 Å². The zero-order chi connectivity index (χ0) is 12.1. The van der Waals surface area contributed by atoms with Crippen molar-refractivity contribution in [2.75, 3.05) is 6.61 Å². The average Bonchev–Trinajstić information content (AvgIpc) is 2.23. The molecule has 0 amide bonds. The number of aliphatic hydroxyl groups excluding tert-OH is 1. The van der Waals surface area contributed by atoms with Crippen molar-refractivity contribution in [1.82, 2.24) is 5.32 Å². The van der Waals surface area contributed by atoms with Crippen molar-refractivity contribution in [3.8, 4) is 0 Å². The third-order valence-electron chi connectivity index (χ3n) is 2.56. The lowest BCUT2D eigenvalue weighted by molar-refractivity contribution is 0.209. The fourth-order valence-corrected chi connectivity index (χ4v) is 1.43. The van der Waals surface area contributed by atoms with Crippen molar-refractivity contribution < 1.29 is 13.9 Å². The van der Waals surface area contributed by atoms with Crippen LogP contribution in [0.2, 0.25) is 0 Å². The lowest BCUT2D eigenvalue weighted by Gasteiger charge is -2.20. The predicted octanol–water partition coefficient (Wildman–Crippen LogP) is 2.07. The van der Waals surface area contributed by atoms with E-state index >= 15 is 0 Å². The van der Waals surface area contributed by atoms with Crippen molar-refractivity contribution in [3.05, 3.63) is 35.4 Å². The fourth-order valence-electron chi connectivity index (χ4n) is 1.43. The smallest absolute Gasteiger partial charge is 0.127 e. The van der Waals surface area contributed by atoms with Crippen LogP contribution in [-0.4, -0.2) is 17.8 Å². The molecular weight excluding hydrogens is 212 g/mol. The van der Waals surface area contributed by atoms with E-state index in [0.717, 1.165) is 18.2 Å². The Morgan fingerprint density at radius 3 is 2.56 bits per heavy atom. The van der Waals surface area contributed by atoms with Crippen LogP contribution in [0.1, 0.15) is 19.4 Å². The summed E-state index contributed by atoms with van der Waals surface area (Å²) in [7, 11) is 0. The second kappa shape index (κ2) is 5.92. The highest BCUT2D eigenvalue weighted by Crippen LogP contribution is 2.10. The van der Waals surface area contributed by atoms with Gasteiger partial charge in [0.25, 0.3) is 0 Å². The van der Waals surface area contributed by atoms with Crippen LogP contribution in [0, 0.1) is 17.6 Å². The highest BCUT2D eigenvalue weighted by atomic mass is 19.1. The molecule has 1 rings (SSSR count). The highest BCUT2D eigenvalue weighted by molar-refractivity contribution is 5.18. The third-order valence-corrected chi connectivity index (χ3v) is 2.56. The lowest BCUT2D eigenvalue weighted by Crippen LogP contribution is -2.36. The molecule has 0 aromatic heterocycles. The van der Waals surface area contributed by atoms with Crippen LogP contribution in [0.3, 0.4) is 0 Å². The molecule has 0 saturated heterocycles. The van der Waals surface area contributed by atoms with Gasteiger partial charge in [0.2, 0.25) is 0 Å². The van der Waals surface area contributed by atoms with Crippen LogP contribution in [0.4, 0.5) is 8.78 Å². The molecule has 0 saturated carbocycles. The van der Waals surface area contributed by atoms with E-state index in [0.29, 0.717) is 0 Å². The molecule has 0 aliphatic rings. The summed E-state index contributed by atoms with van der Waals surface area (Å²) in [5.41, 5.74) is 0.277. The van der Waals surface area contributed by atoms with Crippen molar-refractivity contribution in [1.29, 1.82) is 0 Å². The Morgan fingerprint density at radius 2 is 2.00 bits per heavy atom. The Kier molecular flexibility index (Phi) is 4.83. The molecule has 2 N–H and O–H groups in total. The van der Waals surface area contributed by atoms with E-state index in [4.69, 9.17) is 5.11 Å². The van der Waals surface area contributed by atoms with Crippen LogP contribution in [0.15, 0.2) is 18.2 Å². The topological polar surface area (TPSA) is 32.3 Å². The van der Waals surface area contributed by atoms with Gasteiger partial charge in [-0.3, -0.25) is 0 Å². The van der Waals surface area contributed by atoms with Crippen LogP contribution in [-0.2, 0) is 6.54 Å². The molecule has 0 heterocycles. The molecule has 0 radical (unpaired) electrons. The summed E-state index contributed by atoms with van der Waals surface area (Å²) in [6.45, 7) is 4.10. The molecule has 1 atom stereocenters. The molecule has 0 fully saturated rings. The Bertz CT molecular complexity index is 342. The van der Waals surface area contributed by atoms with Gasteiger partial charge in [-0.05, 0) is 24.1 Å². The first-order valence-corrected chi connectivity index (χ1v) is 5.32. The summed E-state index contributed by atoms with van der Waals surface area (Å²) < 4.78 is 26.1. The largest absolute Gasteiger partial charge is 0.395 e. The normalized spacial score (nSPS) is 13.1. The third kappa shape index (κ3) is 3.54. The minimum absolute atomic E-state index is 0.0192. The molecule has 4 heteroatoms. The van der Waals surface area contributed by atoms with Crippen LogP contribution >= 0.6 is 0 Å². The number of hydrogen-bond acceptors (Lipinski definition) is 2. The molecular formula is C12H17F2NO. The first kappa shape index (κ1) is 13.1. The molecule has 0 aliphatic heterocycles. The van der Waals surface area contributed by atoms with Gasteiger partial charge in [-0.25, -0.2) is 8.78 Å². The Hall–Kier alpha value is -1.00. The van der Waals surface area contributed by atoms with Gasteiger partial charge in [0.15, 0.2) is 0 Å². The summed E-state index contributed by atoms with van der Waals surface area (Å²) in [6, 6.07) is 3.25. The van der Waals surface area contributed by atoms with Crippen molar-refractivity contribution in [3.63, 3.8) is 0 Å². The van der Waals surface area contributed by atoms with Gasteiger partial charge >= 0.3 is 0 Å². The molecule has 90 valence electrons. The number of rotatable bonds is 5. The van der Waals surface area contributed by atoms with E-state index in [2.05, 4.69) is 5.32 Å². The standard InChI is InChI=1S/C12H17F2NO/c1-8(2)12(7-16)15-6-9-5-10(13)3-4-11(9)14/h3-5,8,12,15-16H,6-7H2,1-2H3. The van der Waals surface area contributed by atoms with E-state index in [9.17, 15) is 8.78 Å². The van der Waals surface area contributed by atoms with E-state index in [1.165, 1.54) is 0 Å². The maximum absolute atomic E-state index is 13.3. The quantitative estimate of drug-likeness (QED) is 0.810. The Morgan fingerprint density at radius 1 is 1.31 bits per heavy atom. The molecule has 0 bridgehead atoms. The molecule has 0 spiro atoms. The number of benzene rings is 1. The van der Waals surface area contributed by atoms with Crippen LogP contribution in [0.5, 0.6) is 0 Å².